The second kappa shape index (κ2) is 8.65. The zero-order valence-electron chi connectivity index (χ0n) is 15.6. The van der Waals surface area contributed by atoms with Gasteiger partial charge in [-0.05, 0) is 24.3 Å². The lowest BCUT2D eigenvalue weighted by Gasteiger charge is -2.12. The Labute approximate surface area is 165 Å². The van der Waals surface area contributed by atoms with Gasteiger partial charge in [-0.2, -0.15) is 4.98 Å². The van der Waals surface area contributed by atoms with Crippen LogP contribution in [0.3, 0.4) is 0 Å². The highest BCUT2D eigenvalue weighted by atomic mass is 16.6. The molecular formula is C19H17N5O5. The molecule has 148 valence electrons. The Bertz CT molecular complexity index is 1100. The molecule has 0 fully saturated rings. The molecule has 29 heavy (non-hydrogen) atoms. The molecule has 0 aliphatic carbocycles. The standard InChI is InChI=1S/C19H17N5O5/c1-12(25)28-16-9-8-15(10-17(16)29-13(2)26)24-11-20-18(21-19(24)27)23-22-14-6-4-3-5-7-14/h3-11,22H,1-2H3,(H,21,23,27). The number of benzene rings is 2. The van der Waals surface area contributed by atoms with Crippen LogP contribution < -0.4 is 26.0 Å². The molecule has 1 heterocycles. The van der Waals surface area contributed by atoms with Crippen molar-refractivity contribution in [3.8, 4) is 17.2 Å². The fourth-order valence-electron chi connectivity index (χ4n) is 2.34. The van der Waals surface area contributed by atoms with E-state index in [-0.39, 0.29) is 17.4 Å². The average Bonchev–Trinajstić information content (AvgIpc) is 2.68. The van der Waals surface area contributed by atoms with Gasteiger partial charge in [0.15, 0.2) is 11.5 Å². The third kappa shape index (κ3) is 5.16. The zero-order valence-corrected chi connectivity index (χ0v) is 15.6. The van der Waals surface area contributed by atoms with Crippen LogP contribution in [0.1, 0.15) is 13.8 Å². The fourth-order valence-corrected chi connectivity index (χ4v) is 2.34. The SMILES string of the molecule is CC(=O)Oc1ccc(-n2cnc(NNc3ccccc3)nc2=O)cc1OC(C)=O. The van der Waals surface area contributed by atoms with Gasteiger partial charge in [0.05, 0.1) is 11.4 Å². The van der Waals surface area contributed by atoms with Crippen LogP contribution in [0.4, 0.5) is 11.6 Å². The molecule has 2 aromatic carbocycles. The molecule has 0 atom stereocenters. The molecule has 0 saturated heterocycles. The number of carbonyl (C=O) groups excluding carboxylic acids is 2. The molecule has 0 radical (unpaired) electrons. The molecule has 0 aliphatic heterocycles. The van der Waals surface area contributed by atoms with Crippen molar-refractivity contribution in [1.29, 1.82) is 0 Å². The summed E-state index contributed by atoms with van der Waals surface area (Å²) >= 11 is 0. The predicted molar refractivity (Wildman–Crippen MR) is 104 cm³/mol. The van der Waals surface area contributed by atoms with Gasteiger partial charge in [-0.1, -0.05) is 18.2 Å². The largest absolute Gasteiger partial charge is 0.423 e. The first-order chi connectivity index (χ1) is 13.9. The molecule has 3 rings (SSSR count). The normalized spacial score (nSPS) is 10.1. The maximum absolute atomic E-state index is 12.4. The summed E-state index contributed by atoms with van der Waals surface area (Å²) in [4.78, 5) is 42.9. The van der Waals surface area contributed by atoms with Gasteiger partial charge in [-0.3, -0.25) is 25.0 Å². The smallest absolute Gasteiger partial charge is 0.356 e. The Morgan fingerprint density at radius 1 is 0.931 bits per heavy atom. The lowest BCUT2D eigenvalue weighted by molar-refractivity contribution is -0.134. The minimum Gasteiger partial charge on any atom is -0.423 e. The lowest BCUT2D eigenvalue weighted by atomic mass is 10.2. The average molecular weight is 395 g/mol. The van der Waals surface area contributed by atoms with Gasteiger partial charge in [-0.25, -0.2) is 9.78 Å². The van der Waals surface area contributed by atoms with Gasteiger partial charge in [0, 0.05) is 19.9 Å². The maximum atomic E-state index is 12.4. The number of hydrogen-bond acceptors (Lipinski definition) is 9. The molecule has 2 N–H and O–H groups in total. The number of rotatable bonds is 6. The molecule has 10 nitrogen and oxygen atoms in total. The van der Waals surface area contributed by atoms with E-state index in [1.54, 1.807) is 0 Å². The molecule has 0 spiro atoms. The molecule has 10 heteroatoms. The number of hydrazine groups is 1. The predicted octanol–water partition coefficient (Wildman–Crippen LogP) is 1.92. The Morgan fingerprint density at radius 2 is 1.62 bits per heavy atom. The van der Waals surface area contributed by atoms with Crippen molar-refractivity contribution in [3.63, 3.8) is 0 Å². The molecule has 1 aromatic heterocycles. The van der Waals surface area contributed by atoms with E-state index < -0.39 is 17.6 Å². The van der Waals surface area contributed by atoms with E-state index in [9.17, 15) is 14.4 Å². The third-order valence-electron chi connectivity index (χ3n) is 3.51. The van der Waals surface area contributed by atoms with E-state index in [2.05, 4.69) is 20.8 Å². The molecule has 0 aliphatic rings. The van der Waals surface area contributed by atoms with Crippen LogP contribution in [-0.4, -0.2) is 26.5 Å². The van der Waals surface area contributed by atoms with Crippen LogP contribution in [0.15, 0.2) is 59.7 Å². The molecular weight excluding hydrogens is 378 g/mol. The highest BCUT2D eigenvalue weighted by molar-refractivity contribution is 5.74. The van der Waals surface area contributed by atoms with E-state index in [1.165, 1.54) is 38.4 Å². The number of nitrogens with one attached hydrogen (secondary N) is 2. The van der Waals surface area contributed by atoms with Gasteiger partial charge < -0.3 is 9.47 Å². The number of aromatic nitrogens is 3. The Kier molecular flexibility index (Phi) is 5.83. The van der Waals surface area contributed by atoms with Crippen LogP contribution in [-0.2, 0) is 9.59 Å². The quantitative estimate of drug-likeness (QED) is 0.366. The van der Waals surface area contributed by atoms with Crippen LogP contribution in [0, 0.1) is 0 Å². The number of anilines is 2. The third-order valence-corrected chi connectivity index (χ3v) is 3.51. The monoisotopic (exact) mass is 395 g/mol. The first kappa shape index (κ1) is 19.5. The van der Waals surface area contributed by atoms with Crippen molar-refractivity contribution in [1.82, 2.24) is 14.5 Å². The van der Waals surface area contributed by atoms with Crippen molar-refractivity contribution < 1.29 is 19.1 Å². The van der Waals surface area contributed by atoms with E-state index in [4.69, 9.17) is 9.47 Å². The zero-order chi connectivity index (χ0) is 20.8. The molecule has 0 amide bonds. The Hall–Kier alpha value is -4.21. The number of hydrogen-bond donors (Lipinski definition) is 2. The van der Waals surface area contributed by atoms with Gasteiger partial charge in [0.1, 0.15) is 6.33 Å². The second-order valence-electron chi connectivity index (χ2n) is 5.77. The van der Waals surface area contributed by atoms with Crippen molar-refractivity contribution in [3.05, 3.63) is 65.3 Å². The van der Waals surface area contributed by atoms with E-state index in [1.807, 2.05) is 30.3 Å². The Balaban J connectivity index is 1.85. The molecule has 0 saturated carbocycles. The summed E-state index contributed by atoms with van der Waals surface area (Å²) < 4.78 is 11.2. The molecule has 3 aromatic rings. The van der Waals surface area contributed by atoms with Crippen LogP contribution in [0.2, 0.25) is 0 Å². The van der Waals surface area contributed by atoms with Gasteiger partial charge in [0.25, 0.3) is 0 Å². The summed E-state index contributed by atoms with van der Waals surface area (Å²) in [7, 11) is 0. The number of carbonyl (C=O) groups is 2. The number of para-hydroxylation sites is 1. The number of ether oxygens (including phenoxy) is 2. The van der Waals surface area contributed by atoms with Crippen molar-refractivity contribution in [2.75, 3.05) is 10.9 Å². The van der Waals surface area contributed by atoms with Crippen LogP contribution in [0.5, 0.6) is 11.5 Å². The summed E-state index contributed by atoms with van der Waals surface area (Å²) in [5.41, 5.74) is 6.09. The summed E-state index contributed by atoms with van der Waals surface area (Å²) in [6.07, 6.45) is 1.27. The number of esters is 2. The minimum absolute atomic E-state index is 0.00922. The summed E-state index contributed by atoms with van der Waals surface area (Å²) in [5, 5.41) is 0. The van der Waals surface area contributed by atoms with Crippen molar-refractivity contribution in [2.45, 2.75) is 13.8 Å². The first-order valence-electron chi connectivity index (χ1n) is 8.46. The topological polar surface area (TPSA) is 124 Å². The van der Waals surface area contributed by atoms with E-state index in [0.717, 1.165) is 10.3 Å². The van der Waals surface area contributed by atoms with Gasteiger partial charge in [-0.15, -0.1) is 0 Å². The Morgan fingerprint density at radius 3 is 2.28 bits per heavy atom. The highest BCUT2D eigenvalue weighted by Crippen LogP contribution is 2.29. The number of nitrogens with zero attached hydrogens (tertiary/aromatic N) is 3. The van der Waals surface area contributed by atoms with Crippen molar-refractivity contribution in [2.24, 2.45) is 0 Å². The fraction of sp³-hybridized carbons (Fsp3) is 0.105. The first-order valence-corrected chi connectivity index (χ1v) is 8.46. The maximum Gasteiger partial charge on any atom is 0.356 e. The highest BCUT2D eigenvalue weighted by Gasteiger charge is 2.13. The molecule has 0 unspecified atom stereocenters. The van der Waals surface area contributed by atoms with Gasteiger partial charge >= 0.3 is 17.6 Å². The van der Waals surface area contributed by atoms with E-state index in [0.29, 0.717) is 5.69 Å². The summed E-state index contributed by atoms with van der Waals surface area (Å²) in [6.45, 7) is 2.43. The van der Waals surface area contributed by atoms with E-state index >= 15 is 0 Å². The van der Waals surface area contributed by atoms with Gasteiger partial charge in [0.2, 0.25) is 5.95 Å². The van der Waals surface area contributed by atoms with Crippen molar-refractivity contribution >= 4 is 23.6 Å². The van der Waals surface area contributed by atoms with Crippen LogP contribution in [0.25, 0.3) is 5.69 Å². The molecule has 0 bridgehead atoms. The van der Waals surface area contributed by atoms with Crippen LogP contribution >= 0.6 is 0 Å². The summed E-state index contributed by atoms with van der Waals surface area (Å²) in [5.74, 6) is -1.06. The summed E-state index contributed by atoms with van der Waals surface area (Å²) in [6, 6.07) is 13.5. The second-order valence-corrected chi connectivity index (χ2v) is 5.77. The minimum atomic E-state index is -0.619. The lowest BCUT2D eigenvalue weighted by Crippen LogP contribution is -2.25.